The Morgan fingerprint density at radius 3 is 2.23 bits per heavy atom. The number of benzene rings is 3. The Hall–Kier alpha value is -2.85. The lowest BCUT2D eigenvalue weighted by molar-refractivity contribution is 0.484. The van der Waals surface area contributed by atoms with Gasteiger partial charge in [-0.3, -0.25) is 4.55 Å². The number of hydrogen-bond acceptors (Lipinski definition) is 5. The van der Waals surface area contributed by atoms with E-state index in [0.29, 0.717) is 5.56 Å². The maximum Gasteiger partial charge on any atom is 0.297 e. The third kappa shape index (κ3) is 3.35. The Morgan fingerprint density at radius 2 is 1.60 bits per heavy atom. The van der Waals surface area contributed by atoms with Gasteiger partial charge < -0.3 is 10.7 Å². The molecule has 4 N–H and O–H groups in total. The van der Waals surface area contributed by atoms with Crippen LogP contribution in [0.15, 0.2) is 81.4 Å². The van der Waals surface area contributed by atoms with Gasteiger partial charge in [-0.25, -0.2) is 8.42 Å². The van der Waals surface area contributed by atoms with Gasteiger partial charge in [0.25, 0.3) is 10.1 Å². The molecule has 0 saturated carbocycles. The number of nitrogen functional groups attached to an aromatic ring is 1. The fourth-order valence-electron chi connectivity index (χ4n) is 3.28. The molecule has 0 aliphatic rings. The molecular formula is C20H15ClN2O5S2. The van der Waals surface area contributed by atoms with Crippen molar-refractivity contribution in [2.45, 2.75) is 14.7 Å². The van der Waals surface area contributed by atoms with Gasteiger partial charge in [0, 0.05) is 10.9 Å². The van der Waals surface area contributed by atoms with Gasteiger partial charge in [0.15, 0.2) is 0 Å². The van der Waals surface area contributed by atoms with Crippen LogP contribution in [-0.4, -0.2) is 26.4 Å². The van der Waals surface area contributed by atoms with E-state index in [0.717, 1.165) is 0 Å². The van der Waals surface area contributed by atoms with Crippen LogP contribution in [0.2, 0.25) is 5.02 Å². The first-order valence-electron chi connectivity index (χ1n) is 8.58. The summed E-state index contributed by atoms with van der Waals surface area (Å²) in [5, 5.41) is -0.0795. The van der Waals surface area contributed by atoms with Gasteiger partial charge >= 0.3 is 0 Å². The summed E-state index contributed by atoms with van der Waals surface area (Å²) in [4.78, 5) is 1.97. The second kappa shape index (κ2) is 7.13. The largest absolute Gasteiger partial charge is 0.398 e. The van der Waals surface area contributed by atoms with Crippen LogP contribution in [0.25, 0.3) is 22.2 Å². The van der Waals surface area contributed by atoms with E-state index in [2.05, 4.69) is 4.98 Å². The third-order valence-corrected chi connectivity index (χ3v) is 7.68. The highest BCUT2D eigenvalue weighted by molar-refractivity contribution is 7.92. The zero-order chi connectivity index (χ0) is 21.7. The SMILES string of the molecule is Nc1ccc(S(=O)(=O)c2cccc3[nH]c(-c4ccccc4)c(S(=O)(=O)O)c23)cc1Cl. The maximum atomic E-state index is 13.3. The molecule has 0 fully saturated rings. The second-order valence-electron chi connectivity index (χ2n) is 6.54. The van der Waals surface area contributed by atoms with Crippen molar-refractivity contribution >= 4 is 48.1 Å². The summed E-state index contributed by atoms with van der Waals surface area (Å²) in [6, 6.07) is 16.6. The first-order valence-corrected chi connectivity index (χ1v) is 11.9. The highest BCUT2D eigenvalue weighted by Crippen LogP contribution is 2.39. The Balaban J connectivity index is 2.10. The summed E-state index contributed by atoms with van der Waals surface area (Å²) in [5.74, 6) is 0. The zero-order valence-electron chi connectivity index (χ0n) is 15.2. The Kier molecular flexibility index (Phi) is 4.86. The molecule has 0 saturated heterocycles. The fraction of sp³-hybridized carbons (Fsp3) is 0. The summed E-state index contributed by atoms with van der Waals surface area (Å²) < 4.78 is 61.3. The van der Waals surface area contributed by atoms with Crippen molar-refractivity contribution in [1.29, 1.82) is 0 Å². The minimum absolute atomic E-state index is 0.0531. The summed E-state index contributed by atoms with van der Waals surface area (Å²) in [6.45, 7) is 0. The molecule has 3 aromatic carbocycles. The molecule has 10 heteroatoms. The lowest BCUT2D eigenvalue weighted by Gasteiger charge is -2.09. The molecule has 0 spiro atoms. The average Bonchev–Trinajstić information content (AvgIpc) is 3.10. The van der Waals surface area contributed by atoms with Crippen molar-refractivity contribution < 1.29 is 21.4 Å². The molecule has 1 heterocycles. The van der Waals surface area contributed by atoms with E-state index in [1.807, 2.05) is 0 Å². The van der Waals surface area contributed by atoms with Crippen molar-refractivity contribution in [1.82, 2.24) is 4.98 Å². The molecule has 4 aromatic rings. The highest BCUT2D eigenvalue weighted by atomic mass is 35.5. The van der Waals surface area contributed by atoms with Gasteiger partial charge in [0.2, 0.25) is 9.84 Å². The molecule has 1 aromatic heterocycles. The van der Waals surface area contributed by atoms with E-state index >= 15 is 0 Å². The van der Waals surface area contributed by atoms with Gasteiger partial charge in [0.05, 0.1) is 26.2 Å². The topological polar surface area (TPSA) is 130 Å². The Morgan fingerprint density at radius 1 is 0.900 bits per heavy atom. The maximum absolute atomic E-state index is 13.3. The van der Waals surface area contributed by atoms with Gasteiger partial charge in [-0.2, -0.15) is 8.42 Å². The monoisotopic (exact) mass is 462 g/mol. The van der Waals surface area contributed by atoms with Crippen molar-refractivity contribution in [3.63, 3.8) is 0 Å². The van der Waals surface area contributed by atoms with Crippen LogP contribution >= 0.6 is 11.6 Å². The van der Waals surface area contributed by atoms with Crippen LogP contribution in [0.4, 0.5) is 5.69 Å². The van der Waals surface area contributed by atoms with E-state index in [1.54, 1.807) is 30.3 Å². The van der Waals surface area contributed by atoms with E-state index in [-0.39, 0.29) is 37.1 Å². The highest BCUT2D eigenvalue weighted by Gasteiger charge is 2.30. The van der Waals surface area contributed by atoms with Crippen LogP contribution in [0.3, 0.4) is 0 Å². The molecule has 0 aliphatic heterocycles. The molecule has 4 rings (SSSR count). The number of fused-ring (bicyclic) bond motifs is 1. The molecule has 0 bridgehead atoms. The van der Waals surface area contributed by atoms with Gasteiger partial charge in [-0.15, -0.1) is 0 Å². The minimum atomic E-state index is -4.79. The molecule has 154 valence electrons. The predicted molar refractivity (Wildman–Crippen MR) is 115 cm³/mol. The van der Waals surface area contributed by atoms with E-state index < -0.39 is 24.9 Å². The number of nitrogens with one attached hydrogen (secondary N) is 1. The standard InChI is InChI=1S/C20H15ClN2O5S2/c21-14-11-13(9-10-15(14)22)29(24,25)17-8-4-7-16-18(17)20(30(26,27)28)19(23-16)12-5-2-1-3-6-12/h1-11,23H,22H2,(H,26,27,28). The van der Waals surface area contributed by atoms with Crippen LogP contribution < -0.4 is 5.73 Å². The molecule has 0 aliphatic carbocycles. The zero-order valence-corrected chi connectivity index (χ0v) is 17.6. The predicted octanol–water partition coefficient (Wildman–Crippen LogP) is 4.15. The lowest BCUT2D eigenvalue weighted by Crippen LogP contribution is -2.06. The Bertz CT molecular complexity index is 1500. The number of hydrogen-bond donors (Lipinski definition) is 3. The number of nitrogens with two attached hydrogens (primary N) is 1. The summed E-state index contributed by atoms with van der Waals surface area (Å²) in [7, 11) is -8.98. The van der Waals surface area contributed by atoms with Crippen LogP contribution in [0.5, 0.6) is 0 Å². The van der Waals surface area contributed by atoms with E-state index in [4.69, 9.17) is 17.3 Å². The number of aromatic amines is 1. The average molecular weight is 463 g/mol. The molecule has 0 radical (unpaired) electrons. The summed E-state index contributed by atoms with van der Waals surface area (Å²) >= 11 is 5.98. The smallest absolute Gasteiger partial charge is 0.297 e. The number of halogens is 1. The molecular weight excluding hydrogens is 448 g/mol. The van der Waals surface area contributed by atoms with Crippen molar-refractivity contribution in [3.05, 3.63) is 71.8 Å². The van der Waals surface area contributed by atoms with Crippen molar-refractivity contribution in [3.8, 4) is 11.3 Å². The molecule has 0 amide bonds. The van der Waals surface area contributed by atoms with Gasteiger partial charge in [0.1, 0.15) is 4.90 Å². The van der Waals surface area contributed by atoms with E-state index in [1.165, 1.54) is 36.4 Å². The summed E-state index contributed by atoms with van der Waals surface area (Å²) in [5.41, 5.74) is 6.68. The number of rotatable bonds is 4. The number of H-pyrrole nitrogens is 1. The van der Waals surface area contributed by atoms with Crippen molar-refractivity contribution in [2.75, 3.05) is 5.73 Å². The number of sulfone groups is 1. The lowest BCUT2D eigenvalue weighted by atomic mass is 10.1. The van der Waals surface area contributed by atoms with Crippen LogP contribution in [0.1, 0.15) is 0 Å². The number of anilines is 1. The first-order chi connectivity index (χ1) is 14.1. The number of aromatic nitrogens is 1. The normalized spacial score (nSPS) is 12.3. The van der Waals surface area contributed by atoms with Gasteiger partial charge in [-0.1, -0.05) is 48.0 Å². The fourth-order valence-corrected chi connectivity index (χ4v) is 6.01. The molecule has 0 unspecified atom stereocenters. The first kappa shape index (κ1) is 20.4. The van der Waals surface area contributed by atoms with E-state index in [9.17, 15) is 21.4 Å². The molecule has 0 atom stereocenters. The second-order valence-corrected chi connectivity index (χ2v) is 10.2. The summed E-state index contributed by atoms with van der Waals surface area (Å²) in [6.07, 6.45) is 0. The van der Waals surface area contributed by atoms with Crippen LogP contribution in [0, 0.1) is 0 Å². The Labute approximate surface area is 177 Å². The molecule has 30 heavy (non-hydrogen) atoms. The molecule has 7 nitrogen and oxygen atoms in total. The van der Waals surface area contributed by atoms with Crippen LogP contribution in [-0.2, 0) is 20.0 Å². The minimum Gasteiger partial charge on any atom is -0.398 e. The van der Waals surface area contributed by atoms with Crippen molar-refractivity contribution in [2.24, 2.45) is 0 Å². The quantitative estimate of drug-likeness (QED) is 0.308. The van der Waals surface area contributed by atoms with Gasteiger partial charge in [-0.05, 0) is 35.9 Å². The third-order valence-electron chi connectivity index (χ3n) is 4.63.